The molecule has 1 aliphatic carbocycles. The van der Waals surface area contributed by atoms with E-state index in [1.807, 2.05) is 18.2 Å². The predicted octanol–water partition coefficient (Wildman–Crippen LogP) is 3.52. The topological polar surface area (TPSA) is 49.3 Å². The van der Waals surface area contributed by atoms with Crippen molar-refractivity contribution in [2.24, 2.45) is 5.92 Å². The molecular formula is C20H23NO2. The zero-order chi connectivity index (χ0) is 16.1. The lowest BCUT2D eigenvalue weighted by atomic mass is 9.86. The number of carbonyl (C=O) groups excluding carboxylic acids is 1. The van der Waals surface area contributed by atoms with Crippen LogP contribution in [0.5, 0.6) is 0 Å². The third-order valence-corrected chi connectivity index (χ3v) is 4.55. The Morgan fingerprint density at radius 2 is 1.70 bits per heavy atom. The Labute approximate surface area is 137 Å². The minimum absolute atomic E-state index is 0.0395. The monoisotopic (exact) mass is 309 g/mol. The van der Waals surface area contributed by atoms with Crippen molar-refractivity contribution in [1.82, 2.24) is 5.32 Å². The third-order valence-electron chi connectivity index (χ3n) is 4.55. The first kappa shape index (κ1) is 15.8. The molecular weight excluding hydrogens is 286 g/mol. The van der Waals surface area contributed by atoms with Crippen LogP contribution in [0.1, 0.15) is 31.2 Å². The van der Waals surface area contributed by atoms with Gasteiger partial charge in [-0.3, -0.25) is 4.79 Å². The van der Waals surface area contributed by atoms with Gasteiger partial charge in [0.1, 0.15) is 0 Å². The summed E-state index contributed by atoms with van der Waals surface area (Å²) in [5, 5.41) is 12.7. The van der Waals surface area contributed by atoms with Gasteiger partial charge in [0.25, 0.3) is 0 Å². The van der Waals surface area contributed by atoms with Crippen LogP contribution in [0.25, 0.3) is 11.1 Å². The molecule has 0 radical (unpaired) electrons. The van der Waals surface area contributed by atoms with E-state index in [2.05, 4.69) is 41.7 Å². The van der Waals surface area contributed by atoms with E-state index in [9.17, 15) is 9.90 Å². The summed E-state index contributed by atoms with van der Waals surface area (Å²) in [7, 11) is 0. The molecule has 1 saturated carbocycles. The van der Waals surface area contributed by atoms with Gasteiger partial charge < -0.3 is 10.4 Å². The standard InChI is InChI=1S/C20H23NO2/c22-19-8-4-7-18(13-19)20(23)21-14-15-9-11-17(12-10-15)16-5-2-1-3-6-16/h1-3,5-6,9-12,18-19,22H,4,7-8,13-14H2,(H,21,23)/t18-,19-/m0/s1. The molecule has 0 saturated heterocycles. The zero-order valence-electron chi connectivity index (χ0n) is 13.2. The van der Waals surface area contributed by atoms with Crippen LogP contribution in [0.4, 0.5) is 0 Å². The molecule has 0 heterocycles. The fourth-order valence-electron chi connectivity index (χ4n) is 3.18. The first-order chi connectivity index (χ1) is 11.2. The summed E-state index contributed by atoms with van der Waals surface area (Å²) in [5.74, 6) is 0.0261. The summed E-state index contributed by atoms with van der Waals surface area (Å²) >= 11 is 0. The highest BCUT2D eigenvalue weighted by Crippen LogP contribution is 2.24. The van der Waals surface area contributed by atoms with Crippen molar-refractivity contribution >= 4 is 5.91 Å². The third kappa shape index (κ3) is 4.20. The van der Waals surface area contributed by atoms with Crippen molar-refractivity contribution in [3.05, 3.63) is 60.2 Å². The summed E-state index contributed by atoms with van der Waals surface area (Å²) in [4.78, 5) is 12.2. The minimum atomic E-state index is -0.315. The summed E-state index contributed by atoms with van der Waals surface area (Å²) < 4.78 is 0. The number of hydrogen-bond donors (Lipinski definition) is 2. The zero-order valence-corrected chi connectivity index (χ0v) is 13.2. The number of benzene rings is 2. The van der Waals surface area contributed by atoms with Gasteiger partial charge in [-0.25, -0.2) is 0 Å². The summed E-state index contributed by atoms with van der Waals surface area (Å²) in [5.41, 5.74) is 3.46. The van der Waals surface area contributed by atoms with Gasteiger partial charge in [-0.1, -0.05) is 61.0 Å². The molecule has 3 rings (SSSR count). The van der Waals surface area contributed by atoms with Gasteiger partial charge in [0.15, 0.2) is 0 Å². The number of amides is 1. The highest BCUT2D eigenvalue weighted by Gasteiger charge is 2.25. The van der Waals surface area contributed by atoms with Gasteiger partial charge in [0.05, 0.1) is 6.10 Å². The van der Waals surface area contributed by atoms with E-state index in [1.54, 1.807) is 0 Å². The van der Waals surface area contributed by atoms with E-state index in [0.29, 0.717) is 13.0 Å². The molecule has 0 unspecified atom stereocenters. The largest absolute Gasteiger partial charge is 0.393 e. The second-order valence-corrected chi connectivity index (χ2v) is 6.30. The van der Waals surface area contributed by atoms with Gasteiger partial charge in [-0.05, 0) is 36.0 Å². The molecule has 2 aromatic rings. The van der Waals surface area contributed by atoms with Crippen LogP contribution in [0.2, 0.25) is 0 Å². The quantitative estimate of drug-likeness (QED) is 0.908. The van der Waals surface area contributed by atoms with E-state index < -0.39 is 0 Å². The lowest BCUT2D eigenvalue weighted by molar-refractivity contribution is -0.127. The van der Waals surface area contributed by atoms with Gasteiger partial charge in [0.2, 0.25) is 5.91 Å². The molecule has 1 amide bonds. The maximum absolute atomic E-state index is 12.2. The van der Waals surface area contributed by atoms with Crippen LogP contribution in [0.15, 0.2) is 54.6 Å². The minimum Gasteiger partial charge on any atom is -0.393 e. The maximum atomic E-state index is 12.2. The molecule has 23 heavy (non-hydrogen) atoms. The summed E-state index contributed by atoms with van der Waals surface area (Å²) in [6.07, 6.45) is 2.93. The second-order valence-electron chi connectivity index (χ2n) is 6.30. The fraction of sp³-hybridized carbons (Fsp3) is 0.350. The highest BCUT2D eigenvalue weighted by molar-refractivity contribution is 5.78. The Kier molecular flexibility index (Phi) is 5.09. The molecule has 2 aromatic carbocycles. The maximum Gasteiger partial charge on any atom is 0.223 e. The number of nitrogens with one attached hydrogen (secondary N) is 1. The molecule has 2 N–H and O–H groups in total. The van der Waals surface area contributed by atoms with Crippen LogP contribution < -0.4 is 5.32 Å². The first-order valence-electron chi connectivity index (χ1n) is 8.32. The molecule has 0 aliphatic heterocycles. The van der Waals surface area contributed by atoms with Gasteiger partial charge in [-0.15, -0.1) is 0 Å². The number of aliphatic hydroxyl groups is 1. The molecule has 0 spiro atoms. The molecule has 0 bridgehead atoms. The Bertz CT molecular complexity index is 636. The van der Waals surface area contributed by atoms with Crippen LogP contribution >= 0.6 is 0 Å². The van der Waals surface area contributed by atoms with E-state index in [-0.39, 0.29) is 17.9 Å². The number of rotatable bonds is 4. The molecule has 120 valence electrons. The van der Waals surface area contributed by atoms with Crippen LogP contribution in [0.3, 0.4) is 0 Å². The average molecular weight is 309 g/mol. The lowest BCUT2D eigenvalue weighted by Crippen LogP contribution is -2.34. The molecule has 3 nitrogen and oxygen atoms in total. The van der Waals surface area contributed by atoms with Crippen molar-refractivity contribution < 1.29 is 9.90 Å². The molecule has 2 atom stereocenters. The van der Waals surface area contributed by atoms with Crippen LogP contribution in [-0.4, -0.2) is 17.1 Å². The van der Waals surface area contributed by atoms with Crippen molar-refractivity contribution in [3.8, 4) is 11.1 Å². The molecule has 3 heteroatoms. The van der Waals surface area contributed by atoms with E-state index >= 15 is 0 Å². The average Bonchev–Trinajstić information content (AvgIpc) is 2.61. The van der Waals surface area contributed by atoms with Crippen LogP contribution in [0, 0.1) is 5.92 Å². The Balaban J connectivity index is 1.55. The van der Waals surface area contributed by atoms with E-state index in [0.717, 1.165) is 24.8 Å². The normalized spacial score (nSPS) is 20.9. The Morgan fingerprint density at radius 1 is 1.00 bits per heavy atom. The Morgan fingerprint density at radius 3 is 2.39 bits per heavy atom. The van der Waals surface area contributed by atoms with Gasteiger partial charge in [0, 0.05) is 12.5 Å². The summed E-state index contributed by atoms with van der Waals surface area (Å²) in [6.45, 7) is 0.542. The predicted molar refractivity (Wildman–Crippen MR) is 91.7 cm³/mol. The van der Waals surface area contributed by atoms with Crippen molar-refractivity contribution in [1.29, 1.82) is 0 Å². The Hall–Kier alpha value is -2.13. The molecule has 0 aromatic heterocycles. The molecule has 1 fully saturated rings. The lowest BCUT2D eigenvalue weighted by Gasteiger charge is -2.24. The van der Waals surface area contributed by atoms with E-state index in [1.165, 1.54) is 11.1 Å². The molecule has 1 aliphatic rings. The van der Waals surface area contributed by atoms with Gasteiger partial charge >= 0.3 is 0 Å². The number of carbonyl (C=O) groups is 1. The number of hydrogen-bond acceptors (Lipinski definition) is 2. The second kappa shape index (κ2) is 7.42. The van der Waals surface area contributed by atoms with Gasteiger partial charge in [-0.2, -0.15) is 0 Å². The number of aliphatic hydroxyl groups excluding tert-OH is 1. The highest BCUT2D eigenvalue weighted by atomic mass is 16.3. The van der Waals surface area contributed by atoms with E-state index in [4.69, 9.17) is 0 Å². The van der Waals surface area contributed by atoms with Crippen LogP contribution in [-0.2, 0) is 11.3 Å². The van der Waals surface area contributed by atoms with Crippen molar-refractivity contribution in [3.63, 3.8) is 0 Å². The summed E-state index contributed by atoms with van der Waals surface area (Å²) in [6, 6.07) is 18.5. The smallest absolute Gasteiger partial charge is 0.223 e. The first-order valence-corrected chi connectivity index (χ1v) is 8.32. The van der Waals surface area contributed by atoms with Crippen molar-refractivity contribution in [2.45, 2.75) is 38.3 Å². The fourth-order valence-corrected chi connectivity index (χ4v) is 3.18. The van der Waals surface area contributed by atoms with Crippen molar-refractivity contribution in [2.75, 3.05) is 0 Å². The SMILES string of the molecule is O=C(NCc1ccc(-c2ccccc2)cc1)[C@H]1CCC[C@H](O)C1.